The fourth-order valence-corrected chi connectivity index (χ4v) is 7.56. The molecule has 43 heavy (non-hydrogen) atoms. The van der Waals surface area contributed by atoms with Crippen LogP contribution in [0.25, 0.3) is 0 Å². The van der Waals surface area contributed by atoms with Crippen molar-refractivity contribution in [3.8, 4) is 0 Å². The van der Waals surface area contributed by atoms with Crippen LogP contribution in [0, 0.1) is 25.7 Å². The molecule has 8 heteroatoms. The molecule has 0 aliphatic carbocycles. The molecule has 0 radical (unpaired) electrons. The first-order chi connectivity index (χ1) is 20.8. The third-order valence-corrected chi connectivity index (χ3v) is 9.31. The standard InChI is InChI=1S/C35H43N3O5/c1-5-20-36(26-16-9-7-10-17-26)32(40)28-27-18-19-35(43-27)29(28)33(41)38(22-11-8-12-23-39)31(35)34(42)37(21-6-2)30-24(3)14-13-15-25(30)4/h5-7,9-10,13-17,27-29,31,39H,1-2,8,11-12,18-23H2,3-4H3/t27-,28+,29-,31?,35?/m0/s1. The fourth-order valence-electron chi connectivity index (χ4n) is 7.56. The largest absolute Gasteiger partial charge is 0.396 e. The van der Waals surface area contributed by atoms with E-state index in [9.17, 15) is 19.5 Å². The van der Waals surface area contributed by atoms with E-state index in [0.29, 0.717) is 38.8 Å². The van der Waals surface area contributed by atoms with Crippen LogP contribution >= 0.6 is 0 Å². The smallest absolute Gasteiger partial charge is 0.253 e. The highest BCUT2D eigenvalue weighted by Crippen LogP contribution is 2.59. The molecule has 3 aliphatic rings. The van der Waals surface area contributed by atoms with Crippen LogP contribution in [0.3, 0.4) is 0 Å². The lowest BCUT2D eigenvalue weighted by molar-refractivity contribution is -0.140. The average molecular weight is 586 g/mol. The number of nitrogens with zero attached hydrogens (tertiary/aromatic N) is 3. The molecular formula is C35H43N3O5. The summed E-state index contributed by atoms with van der Waals surface area (Å²) in [6.07, 6.45) is 6.05. The highest BCUT2D eigenvalue weighted by molar-refractivity contribution is 6.07. The summed E-state index contributed by atoms with van der Waals surface area (Å²) in [7, 11) is 0. The van der Waals surface area contributed by atoms with Gasteiger partial charge in [-0.2, -0.15) is 0 Å². The number of likely N-dealkylation sites (tertiary alicyclic amines) is 1. The Morgan fingerprint density at radius 2 is 1.65 bits per heavy atom. The van der Waals surface area contributed by atoms with Gasteiger partial charge in [0.1, 0.15) is 11.6 Å². The summed E-state index contributed by atoms with van der Waals surface area (Å²) in [4.78, 5) is 48.7. The summed E-state index contributed by atoms with van der Waals surface area (Å²) >= 11 is 0. The lowest BCUT2D eigenvalue weighted by Gasteiger charge is -2.37. The van der Waals surface area contributed by atoms with Gasteiger partial charge in [-0.1, -0.05) is 48.6 Å². The summed E-state index contributed by atoms with van der Waals surface area (Å²) in [5, 5.41) is 9.34. The van der Waals surface area contributed by atoms with Gasteiger partial charge in [-0.25, -0.2) is 0 Å². The second-order valence-corrected chi connectivity index (χ2v) is 11.9. The van der Waals surface area contributed by atoms with Gasteiger partial charge in [0.15, 0.2) is 0 Å². The van der Waals surface area contributed by atoms with E-state index < -0.39 is 29.6 Å². The van der Waals surface area contributed by atoms with Crippen molar-refractivity contribution < 1.29 is 24.2 Å². The van der Waals surface area contributed by atoms with Crippen molar-refractivity contribution in [2.24, 2.45) is 11.8 Å². The maximum Gasteiger partial charge on any atom is 0.253 e. The highest BCUT2D eigenvalue weighted by atomic mass is 16.5. The van der Waals surface area contributed by atoms with Gasteiger partial charge in [0.25, 0.3) is 5.91 Å². The second kappa shape index (κ2) is 12.9. The first-order valence-electron chi connectivity index (χ1n) is 15.4. The Bertz CT molecular complexity index is 1360. The molecule has 8 nitrogen and oxygen atoms in total. The summed E-state index contributed by atoms with van der Waals surface area (Å²) in [6.45, 7) is 12.7. The number of hydrogen-bond acceptors (Lipinski definition) is 5. The van der Waals surface area contributed by atoms with Gasteiger partial charge in [0.2, 0.25) is 11.8 Å². The minimum Gasteiger partial charge on any atom is -0.396 e. The van der Waals surface area contributed by atoms with Crippen LogP contribution in [0.2, 0.25) is 0 Å². The van der Waals surface area contributed by atoms with E-state index in [1.165, 1.54) is 0 Å². The van der Waals surface area contributed by atoms with E-state index in [1.807, 2.05) is 62.4 Å². The molecule has 3 amide bonds. The van der Waals surface area contributed by atoms with Crippen LogP contribution < -0.4 is 9.80 Å². The molecule has 228 valence electrons. The number of benzene rings is 2. The molecule has 5 rings (SSSR count). The van der Waals surface area contributed by atoms with E-state index in [-0.39, 0.29) is 30.9 Å². The van der Waals surface area contributed by atoms with Crippen LogP contribution in [-0.4, -0.2) is 71.7 Å². The van der Waals surface area contributed by atoms with E-state index in [0.717, 1.165) is 28.9 Å². The summed E-state index contributed by atoms with van der Waals surface area (Å²) < 4.78 is 6.72. The molecule has 0 saturated carbocycles. The molecule has 2 aromatic carbocycles. The van der Waals surface area contributed by atoms with Gasteiger partial charge in [0.05, 0.1) is 17.9 Å². The summed E-state index contributed by atoms with van der Waals surface area (Å²) in [5.41, 5.74) is 2.35. The molecule has 1 N–H and O–H groups in total. The molecule has 3 aliphatic heterocycles. The van der Waals surface area contributed by atoms with Crippen LogP contribution in [0.5, 0.6) is 0 Å². The Hall–Kier alpha value is -3.75. The Labute approximate surface area is 254 Å². The van der Waals surface area contributed by atoms with Crippen molar-refractivity contribution in [3.05, 3.63) is 85.0 Å². The van der Waals surface area contributed by atoms with Crippen molar-refractivity contribution >= 4 is 29.1 Å². The van der Waals surface area contributed by atoms with Gasteiger partial charge >= 0.3 is 0 Å². The zero-order valence-electron chi connectivity index (χ0n) is 25.3. The van der Waals surface area contributed by atoms with Gasteiger partial charge < -0.3 is 24.5 Å². The van der Waals surface area contributed by atoms with Gasteiger partial charge in [-0.3, -0.25) is 14.4 Å². The molecule has 3 fully saturated rings. The fraction of sp³-hybridized carbons (Fsp3) is 0.457. The number of unbranched alkanes of at least 4 members (excludes halogenated alkanes) is 2. The minimum atomic E-state index is -1.09. The van der Waals surface area contributed by atoms with E-state index in [4.69, 9.17) is 4.74 Å². The Kier molecular flexibility index (Phi) is 9.18. The Balaban J connectivity index is 1.56. The number of aliphatic hydroxyl groups excluding tert-OH is 1. The van der Waals surface area contributed by atoms with Gasteiger partial charge in [-0.15, -0.1) is 13.2 Å². The highest BCUT2D eigenvalue weighted by Gasteiger charge is 2.75. The predicted molar refractivity (Wildman–Crippen MR) is 168 cm³/mol. The number of anilines is 2. The van der Waals surface area contributed by atoms with Gasteiger partial charge in [-0.05, 0) is 69.2 Å². The Morgan fingerprint density at radius 1 is 0.977 bits per heavy atom. The number of aliphatic hydroxyl groups is 1. The quantitative estimate of drug-likeness (QED) is 0.275. The number of aryl methyl sites for hydroxylation is 2. The van der Waals surface area contributed by atoms with Crippen molar-refractivity contribution in [1.82, 2.24) is 4.90 Å². The normalized spacial score (nSPS) is 25.5. The molecule has 5 atom stereocenters. The molecule has 2 aromatic rings. The van der Waals surface area contributed by atoms with Crippen LogP contribution in [-0.2, 0) is 19.1 Å². The first-order valence-corrected chi connectivity index (χ1v) is 15.4. The molecule has 3 heterocycles. The Morgan fingerprint density at radius 3 is 2.30 bits per heavy atom. The zero-order valence-corrected chi connectivity index (χ0v) is 25.3. The van der Waals surface area contributed by atoms with Crippen molar-refractivity contribution in [2.45, 2.75) is 63.7 Å². The van der Waals surface area contributed by atoms with Crippen LogP contribution in [0.4, 0.5) is 11.4 Å². The lowest BCUT2D eigenvalue weighted by Crippen LogP contribution is -2.57. The summed E-state index contributed by atoms with van der Waals surface area (Å²) in [6, 6.07) is 14.4. The molecule has 1 spiro atoms. The van der Waals surface area contributed by atoms with E-state index in [1.54, 1.807) is 26.9 Å². The number of carbonyl (C=O) groups is 3. The summed E-state index contributed by atoms with van der Waals surface area (Å²) in [5.74, 6) is -2.05. The third-order valence-electron chi connectivity index (χ3n) is 9.31. The van der Waals surface area contributed by atoms with E-state index in [2.05, 4.69) is 13.2 Å². The average Bonchev–Trinajstić information content (AvgIpc) is 3.64. The third kappa shape index (κ3) is 5.31. The molecule has 3 saturated heterocycles. The van der Waals surface area contributed by atoms with Crippen molar-refractivity contribution in [1.29, 1.82) is 0 Å². The van der Waals surface area contributed by atoms with Crippen LogP contribution in [0.1, 0.15) is 43.2 Å². The van der Waals surface area contributed by atoms with Gasteiger partial charge in [0, 0.05) is 37.6 Å². The number of amides is 3. The van der Waals surface area contributed by atoms with E-state index >= 15 is 0 Å². The number of para-hydroxylation sites is 2. The number of ether oxygens (including phenoxy) is 1. The molecular weight excluding hydrogens is 542 g/mol. The maximum atomic E-state index is 14.8. The molecule has 0 aromatic heterocycles. The van der Waals surface area contributed by atoms with Crippen LogP contribution in [0.15, 0.2) is 73.8 Å². The molecule has 2 bridgehead atoms. The zero-order chi connectivity index (χ0) is 30.7. The number of fused-ring (bicyclic) bond motifs is 1. The lowest BCUT2D eigenvalue weighted by atomic mass is 9.70. The molecule has 2 unspecified atom stereocenters. The monoisotopic (exact) mass is 585 g/mol. The number of carbonyl (C=O) groups excluding carboxylic acids is 3. The van der Waals surface area contributed by atoms with Crippen molar-refractivity contribution in [3.63, 3.8) is 0 Å². The number of rotatable bonds is 13. The topological polar surface area (TPSA) is 90.4 Å². The predicted octanol–water partition coefficient (Wildman–Crippen LogP) is 4.58. The first kappa shape index (κ1) is 30.7. The number of hydrogen-bond donors (Lipinski definition) is 1. The minimum absolute atomic E-state index is 0.0720. The second-order valence-electron chi connectivity index (χ2n) is 11.9. The maximum absolute atomic E-state index is 14.8. The SMILES string of the molecule is C=CCN(C(=O)[C@@H]1[C@@H]2CCC3(O2)C(C(=O)N(CC=C)c2c(C)cccc2C)N(CCCCCO)C(=O)[C@H]13)c1ccccc1. The van der Waals surface area contributed by atoms with Crippen molar-refractivity contribution in [2.75, 3.05) is 36.0 Å².